The number of H-pyrrole nitrogens is 1. The average molecular weight is 442 g/mol. The molecular formula is C26H19FN2O4. The largest absolute Gasteiger partial charge is 0.478 e. The first kappa shape index (κ1) is 20.5. The molecule has 164 valence electrons. The topological polar surface area (TPSA) is 95.3 Å². The van der Waals surface area contributed by atoms with Crippen molar-refractivity contribution >= 4 is 33.5 Å². The molecule has 3 aromatic carbocycles. The molecule has 0 bridgehead atoms. The maximum Gasteiger partial charge on any atom is 0.337 e. The van der Waals surface area contributed by atoms with Gasteiger partial charge in [0.2, 0.25) is 0 Å². The third kappa shape index (κ3) is 3.74. The molecule has 0 aliphatic heterocycles. The second-order valence-corrected chi connectivity index (χ2v) is 7.83. The fraction of sp³-hybridized carbons (Fsp3) is 0.0769. The molecule has 0 aliphatic carbocycles. The quantitative estimate of drug-likeness (QED) is 0.313. The predicted molar refractivity (Wildman–Crippen MR) is 125 cm³/mol. The average Bonchev–Trinajstić information content (AvgIpc) is 3.23. The monoisotopic (exact) mass is 442 g/mol. The van der Waals surface area contributed by atoms with Gasteiger partial charge in [-0.25, -0.2) is 9.18 Å². The summed E-state index contributed by atoms with van der Waals surface area (Å²) in [4.78, 5) is 27.7. The van der Waals surface area contributed by atoms with Gasteiger partial charge in [-0.2, -0.15) is 0 Å². The molecule has 0 spiro atoms. The van der Waals surface area contributed by atoms with E-state index in [1.54, 1.807) is 25.1 Å². The summed E-state index contributed by atoms with van der Waals surface area (Å²) in [6.07, 6.45) is 0. The molecule has 5 aromatic rings. The van der Waals surface area contributed by atoms with Crippen LogP contribution in [0.3, 0.4) is 0 Å². The molecule has 33 heavy (non-hydrogen) atoms. The standard InChI is InChI=1S/C26H19FN2O4/c1-14(28-21-9-5-3-7-17(21)26(31)32)18-11-16(27)12-19-23(30)13-24(33-25(18)19)22-10-15-6-2-4-8-20(15)29-22/h2-14,28-29H,1H3,(H,31,32). The molecule has 6 nitrogen and oxygen atoms in total. The fourth-order valence-corrected chi connectivity index (χ4v) is 4.01. The number of para-hydroxylation sites is 2. The lowest BCUT2D eigenvalue weighted by Crippen LogP contribution is -2.12. The summed E-state index contributed by atoms with van der Waals surface area (Å²) in [7, 11) is 0. The van der Waals surface area contributed by atoms with E-state index in [1.807, 2.05) is 30.3 Å². The van der Waals surface area contributed by atoms with Crippen molar-refractivity contribution in [2.45, 2.75) is 13.0 Å². The van der Waals surface area contributed by atoms with Gasteiger partial charge in [0, 0.05) is 28.2 Å². The van der Waals surface area contributed by atoms with Crippen LogP contribution >= 0.6 is 0 Å². The minimum atomic E-state index is -1.08. The molecule has 0 amide bonds. The van der Waals surface area contributed by atoms with E-state index in [0.29, 0.717) is 22.7 Å². The molecule has 0 saturated carbocycles. The SMILES string of the molecule is CC(Nc1ccccc1C(=O)O)c1cc(F)cc2c(=O)cc(-c3cc4ccccc4[nH]3)oc12. The van der Waals surface area contributed by atoms with E-state index in [1.165, 1.54) is 18.2 Å². The summed E-state index contributed by atoms with van der Waals surface area (Å²) < 4.78 is 20.6. The number of carboxylic acids is 1. The number of rotatable bonds is 5. The Morgan fingerprint density at radius 2 is 1.82 bits per heavy atom. The number of benzene rings is 3. The van der Waals surface area contributed by atoms with Crippen molar-refractivity contribution in [2.24, 2.45) is 0 Å². The number of carboxylic acid groups (broad SMARTS) is 1. The van der Waals surface area contributed by atoms with Crippen LogP contribution in [-0.4, -0.2) is 16.1 Å². The second kappa shape index (κ2) is 7.94. The molecule has 1 unspecified atom stereocenters. The van der Waals surface area contributed by atoms with Crippen molar-refractivity contribution in [2.75, 3.05) is 5.32 Å². The molecule has 7 heteroatoms. The van der Waals surface area contributed by atoms with Gasteiger partial charge in [-0.1, -0.05) is 30.3 Å². The molecule has 0 aliphatic rings. The van der Waals surface area contributed by atoms with Crippen LogP contribution in [0.1, 0.15) is 28.9 Å². The number of carbonyl (C=O) groups is 1. The molecule has 2 aromatic heterocycles. The molecule has 3 N–H and O–H groups in total. The Hall–Kier alpha value is -4.39. The van der Waals surface area contributed by atoms with E-state index in [9.17, 15) is 19.1 Å². The molecule has 5 rings (SSSR count). The summed E-state index contributed by atoms with van der Waals surface area (Å²) in [6, 6.07) is 19.3. The summed E-state index contributed by atoms with van der Waals surface area (Å²) >= 11 is 0. The highest BCUT2D eigenvalue weighted by Crippen LogP contribution is 2.31. The van der Waals surface area contributed by atoms with Crippen molar-refractivity contribution in [1.29, 1.82) is 0 Å². The van der Waals surface area contributed by atoms with Crippen LogP contribution in [0, 0.1) is 5.82 Å². The van der Waals surface area contributed by atoms with Gasteiger partial charge < -0.3 is 19.8 Å². The maximum atomic E-state index is 14.4. The van der Waals surface area contributed by atoms with Crippen LogP contribution < -0.4 is 10.7 Å². The van der Waals surface area contributed by atoms with Gasteiger partial charge in [0.25, 0.3) is 0 Å². The Morgan fingerprint density at radius 3 is 2.61 bits per heavy atom. The lowest BCUT2D eigenvalue weighted by Gasteiger charge is -2.18. The van der Waals surface area contributed by atoms with E-state index in [4.69, 9.17) is 4.42 Å². The van der Waals surface area contributed by atoms with Crippen LogP contribution in [-0.2, 0) is 0 Å². The number of fused-ring (bicyclic) bond motifs is 2. The number of aromatic carboxylic acids is 1. The number of halogens is 1. The Balaban J connectivity index is 1.64. The van der Waals surface area contributed by atoms with Gasteiger partial charge in [-0.05, 0) is 43.3 Å². The zero-order chi connectivity index (χ0) is 23.1. The number of aromatic nitrogens is 1. The predicted octanol–water partition coefficient (Wildman–Crippen LogP) is 5.95. The first-order chi connectivity index (χ1) is 15.9. The van der Waals surface area contributed by atoms with Crippen LogP contribution in [0.4, 0.5) is 10.1 Å². The number of hydrogen-bond acceptors (Lipinski definition) is 4. The first-order valence-electron chi connectivity index (χ1n) is 10.3. The summed E-state index contributed by atoms with van der Waals surface area (Å²) in [5.41, 5.74) is 2.26. The van der Waals surface area contributed by atoms with E-state index in [-0.39, 0.29) is 22.0 Å². The van der Waals surface area contributed by atoms with Gasteiger partial charge in [0.05, 0.1) is 22.7 Å². The normalized spacial score (nSPS) is 12.2. The zero-order valence-electron chi connectivity index (χ0n) is 17.6. The first-order valence-corrected chi connectivity index (χ1v) is 10.3. The number of aromatic amines is 1. The van der Waals surface area contributed by atoms with Gasteiger partial charge in [-0.15, -0.1) is 0 Å². The van der Waals surface area contributed by atoms with Crippen molar-refractivity contribution in [3.63, 3.8) is 0 Å². The van der Waals surface area contributed by atoms with Crippen molar-refractivity contribution in [3.8, 4) is 11.5 Å². The smallest absolute Gasteiger partial charge is 0.337 e. The van der Waals surface area contributed by atoms with E-state index in [2.05, 4.69) is 10.3 Å². The van der Waals surface area contributed by atoms with E-state index < -0.39 is 17.8 Å². The maximum absolute atomic E-state index is 14.4. The Morgan fingerprint density at radius 1 is 1.06 bits per heavy atom. The Labute approximate surface area is 187 Å². The van der Waals surface area contributed by atoms with Gasteiger partial charge in [-0.3, -0.25) is 4.79 Å². The van der Waals surface area contributed by atoms with Crippen LogP contribution in [0.25, 0.3) is 33.3 Å². The summed E-state index contributed by atoms with van der Waals surface area (Å²) in [5, 5.41) is 13.7. The Kier molecular flexibility index (Phi) is 4.94. The minimum Gasteiger partial charge on any atom is -0.478 e. The lowest BCUT2D eigenvalue weighted by molar-refractivity contribution is 0.0698. The highest BCUT2D eigenvalue weighted by Gasteiger charge is 2.19. The van der Waals surface area contributed by atoms with Crippen molar-refractivity contribution in [3.05, 3.63) is 100.0 Å². The highest BCUT2D eigenvalue weighted by atomic mass is 19.1. The van der Waals surface area contributed by atoms with Crippen LogP contribution in [0.2, 0.25) is 0 Å². The third-order valence-corrected chi connectivity index (χ3v) is 5.61. The third-order valence-electron chi connectivity index (χ3n) is 5.61. The van der Waals surface area contributed by atoms with Gasteiger partial charge >= 0.3 is 5.97 Å². The summed E-state index contributed by atoms with van der Waals surface area (Å²) in [6.45, 7) is 1.75. The van der Waals surface area contributed by atoms with Crippen LogP contribution in [0.15, 0.2) is 82.0 Å². The van der Waals surface area contributed by atoms with Crippen molar-refractivity contribution < 1.29 is 18.7 Å². The molecule has 0 radical (unpaired) electrons. The lowest BCUT2D eigenvalue weighted by atomic mass is 10.0. The summed E-state index contributed by atoms with van der Waals surface area (Å²) in [5.74, 6) is -1.33. The highest BCUT2D eigenvalue weighted by molar-refractivity contribution is 5.94. The second-order valence-electron chi connectivity index (χ2n) is 7.83. The van der Waals surface area contributed by atoms with Crippen molar-refractivity contribution in [1.82, 2.24) is 4.98 Å². The number of anilines is 1. The van der Waals surface area contributed by atoms with E-state index >= 15 is 0 Å². The fourth-order valence-electron chi connectivity index (χ4n) is 4.01. The number of nitrogens with one attached hydrogen (secondary N) is 2. The molecule has 2 heterocycles. The number of hydrogen-bond donors (Lipinski definition) is 3. The molecule has 0 saturated heterocycles. The molecule has 0 fully saturated rings. The van der Waals surface area contributed by atoms with E-state index in [0.717, 1.165) is 17.0 Å². The Bertz CT molecular complexity index is 1550. The van der Waals surface area contributed by atoms with Crippen LogP contribution in [0.5, 0.6) is 0 Å². The molecular weight excluding hydrogens is 423 g/mol. The van der Waals surface area contributed by atoms with Gasteiger partial charge in [0.1, 0.15) is 11.4 Å². The molecule has 1 atom stereocenters. The zero-order valence-corrected chi connectivity index (χ0v) is 17.6. The van der Waals surface area contributed by atoms with Gasteiger partial charge in [0.15, 0.2) is 11.2 Å². The minimum absolute atomic E-state index is 0.0882.